The zero-order chi connectivity index (χ0) is 20.6. The second kappa shape index (κ2) is 9.66. The van der Waals surface area contributed by atoms with Crippen LogP contribution < -0.4 is 10.6 Å². The summed E-state index contributed by atoms with van der Waals surface area (Å²) < 4.78 is 5.04. The molecule has 3 rings (SSSR count). The highest BCUT2D eigenvalue weighted by Gasteiger charge is 2.15. The summed E-state index contributed by atoms with van der Waals surface area (Å²) in [7, 11) is 0. The molecule has 2 N–H and O–H groups in total. The normalized spacial score (nSPS) is 10.2. The second-order valence-corrected chi connectivity index (χ2v) is 7.54. The average Bonchev–Trinajstić information content (AvgIpc) is 3.18. The minimum Gasteiger partial charge on any atom is -0.451 e. The Hall–Kier alpha value is -3.45. The van der Waals surface area contributed by atoms with Crippen LogP contribution in [0.5, 0.6) is 0 Å². The summed E-state index contributed by atoms with van der Waals surface area (Å²) in [6.45, 7) is 1.82. The fraction of sp³-hybridized carbons (Fsp3) is 0.136. The van der Waals surface area contributed by atoms with E-state index in [-0.39, 0.29) is 5.91 Å². The molecule has 0 fully saturated rings. The lowest BCUT2D eigenvalue weighted by Crippen LogP contribution is -2.26. The number of para-hydroxylation sites is 1. The van der Waals surface area contributed by atoms with E-state index < -0.39 is 18.5 Å². The van der Waals surface area contributed by atoms with E-state index in [9.17, 15) is 14.4 Å². The van der Waals surface area contributed by atoms with Crippen LogP contribution in [-0.2, 0) is 16.1 Å². The van der Waals surface area contributed by atoms with E-state index in [0.717, 1.165) is 10.4 Å². The van der Waals surface area contributed by atoms with Crippen molar-refractivity contribution in [3.05, 3.63) is 87.6 Å². The van der Waals surface area contributed by atoms with Crippen LogP contribution in [0.15, 0.2) is 66.7 Å². The van der Waals surface area contributed by atoms with Gasteiger partial charge in [0.05, 0.1) is 11.3 Å². The number of hydrogen-bond donors (Lipinski definition) is 2. The van der Waals surface area contributed by atoms with Crippen molar-refractivity contribution in [2.45, 2.75) is 13.5 Å². The number of carbonyl (C=O) groups excluding carboxylic acids is 3. The molecule has 6 nitrogen and oxygen atoms in total. The number of ether oxygens (including phenoxy) is 1. The third-order valence-electron chi connectivity index (χ3n) is 4.02. The highest BCUT2D eigenvalue weighted by molar-refractivity contribution is 7.13. The molecule has 29 heavy (non-hydrogen) atoms. The van der Waals surface area contributed by atoms with Crippen LogP contribution in [0.3, 0.4) is 0 Å². The third-order valence-corrected chi connectivity index (χ3v) is 5.00. The molecule has 0 radical (unpaired) electrons. The molecule has 0 saturated carbocycles. The van der Waals surface area contributed by atoms with E-state index in [4.69, 9.17) is 4.74 Å². The largest absolute Gasteiger partial charge is 0.451 e. The molecule has 7 heteroatoms. The predicted octanol–water partition coefficient (Wildman–Crippen LogP) is 3.78. The standard InChI is InChI=1S/C22H20N2O4S/c1-15-11-12-19(29-15)22(27)28-14-20(25)24-18-10-6-5-9-17(18)21(26)23-13-16-7-3-2-4-8-16/h2-12H,13-14H2,1H3,(H,23,26)(H,24,25). The Kier molecular flexibility index (Phi) is 6.76. The van der Waals surface area contributed by atoms with Crippen molar-refractivity contribution in [3.63, 3.8) is 0 Å². The first-order valence-electron chi connectivity index (χ1n) is 8.97. The van der Waals surface area contributed by atoms with Crippen LogP contribution in [0.2, 0.25) is 0 Å². The van der Waals surface area contributed by atoms with E-state index in [1.807, 2.05) is 43.3 Å². The lowest BCUT2D eigenvalue weighted by molar-refractivity contribution is -0.119. The van der Waals surface area contributed by atoms with Gasteiger partial charge in [-0.25, -0.2) is 4.79 Å². The highest BCUT2D eigenvalue weighted by Crippen LogP contribution is 2.17. The van der Waals surface area contributed by atoms with E-state index in [0.29, 0.717) is 22.7 Å². The Balaban J connectivity index is 1.57. The Morgan fingerprint density at radius 3 is 2.38 bits per heavy atom. The third kappa shape index (κ3) is 5.76. The molecule has 148 valence electrons. The van der Waals surface area contributed by atoms with Crippen LogP contribution in [0, 0.1) is 6.92 Å². The SMILES string of the molecule is Cc1ccc(C(=O)OCC(=O)Nc2ccccc2C(=O)NCc2ccccc2)s1. The minimum absolute atomic E-state index is 0.309. The molecule has 1 aromatic heterocycles. The first-order chi connectivity index (χ1) is 14.0. The molecule has 0 saturated heterocycles. The molecule has 0 bridgehead atoms. The van der Waals surface area contributed by atoms with Gasteiger partial charge in [0.2, 0.25) is 0 Å². The van der Waals surface area contributed by atoms with Gasteiger partial charge in [-0.15, -0.1) is 11.3 Å². The first-order valence-corrected chi connectivity index (χ1v) is 9.79. The van der Waals surface area contributed by atoms with Crippen molar-refractivity contribution in [2.75, 3.05) is 11.9 Å². The molecule has 2 amide bonds. The Bertz CT molecular complexity index is 1010. The molecular weight excluding hydrogens is 388 g/mol. The first kappa shape index (κ1) is 20.3. The maximum absolute atomic E-state index is 12.5. The van der Waals surface area contributed by atoms with Gasteiger partial charge < -0.3 is 15.4 Å². The van der Waals surface area contributed by atoms with Crippen molar-refractivity contribution >= 4 is 34.8 Å². The lowest BCUT2D eigenvalue weighted by Gasteiger charge is -2.11. The van der Waals surface area contributed by atoms with Crippen molar-refractivity contribution < 1.29 is 19.1 Å². The van der Waals surface area contributed by atoms with E-state index >= 15 is 0 Å². The summed E-state index contributed by atoms with van der Waals surface area (Å²) in [6.07, 6.45) is 0. The van der Waals surface area contributed by atoms with Gasteiger partial charge in [0.15, 0.2) is 6.61 Å². The topological polar surface area (TPSA) is 84.5 Å². The van der Waals surface area contributed by atoms with Crippen molar-refractivity contribution in [3.8, 4) is 0 Å². The number of anilines is 1. The summed E-state index contributed by atoms with van der Waals surface area (Å²) in [5, 5.41) is 5.46. The van der Waals surface area contributed by atoms with Gasteiger partial charge in [-0.05, 0) is 36.8 Å². The van der Waals surface area contributed by atoms with Crippen LogP contribution in [-0.4, -0.2) is 24.4 Å². The zero-order valence-corrected chi connectivity index (χ0v) is 16.6. The van der Waals surface area contributed by atoms with Gasteiger partial charge in [0, 0.05) is 11.4 Å². The monoisotopic (exact) mass is 408 g/mol. The summed E-state index contributed by atoms with van der Waals surface area (Å²) in [6, 6.07) is 19.7. The molecular formula is C22H20N2O4S. The number of thiophene rings is 1. The van der Waals surface area contributed by atoms with Gasteiger partial charge in [0.25, 0.3) is 11.8 Å². The van der Waals surface area contributed by atoms with E-state index in [2.05, 4.69) is 10.6 Å². The number of hydrogen-bond acceptors (Lipinski definition) is 5. The Morgan fingerprint density at radius 2 is 1.66 bits per heavy atom. The molecule has 0 atom stereocenters. The van der Waals surface area contributed by atoms with Crippen LogP contribution in [0.1, 0.15) is 30.5 Å². The van der Waals surface area contributed by atoms with E-state index in [1.54, 1.807) is 30.3 Å². The molecule has 0 spiro atoms. The number of nitrogens with one attached hydrogen (secondary N) is 2. The number of rotatable bonds is 7. The highest BCUT2D eigenvalue weighted by atomic mass is 32.1. The minimum atomic E-state index is -0.549. The molecule has 0 aliphatic heterocycles. The second-order valence-electron chi connectivity index (χ2n) is 6.25. The van der Waals surface area contributed by atoms with Gasteiger partial charge >= 0.3 is 5.97 Å². The summed E-state index contributed by atoms with van der Waals surface area (Å²) in [5.74, 6) is -1.38. The number of benzene rings is 2. The maximum Gasteiger partial charge on any atom is 0.348 e. The predicted molar refractivity (Wildman–Crippen MR) is 112 cm³/mol. The quantitative estimate of drug-likeness (QED) is 0.583. The van der Waals surface area contributed by atoms with E-state index in [1.165, 1.54) is 11.3 Å². The van der Waals surface area contributed by atoms with Crippen molar-refractivity contribution in [1.82, 2.24) is 5.32 Å². The van der Waals surface area contributed by atoms with Crippen molar-refractivity contribution in [2.24, 2.45) is 0 Å². The molecule has 2 aromatic carbocycles. The zero-order valence-electron chi connectivity index (χ0n) is 15.8. The summed E-state index contributed by atoms with van der Waals surface area (Å²) in [4.78, 5) is 38.1. The number of amides is 2. The fourth-order valence-corrected chi connectivity index (χ4v) is 3.36. The molecule has 0 unspecified atom stereocenters. The average molecular weight is 408 g/mol. The van der Waals surface area contributed by atoms with Gasteiger partial charge in [-0.2, -0.15) is 0 Å². The maximum atomic E-state index is 12.5. The van der Waals surface area contributed by atoms with Crippen LogP contribution in [0.4, 0.5) is 5.69 Å². The summed E-state index contributed by atoms with van der Waals surface area (Å²) in [5.41, 5.74) is 1.65. The fourth-order valence-electron chi connectivity index (χ4n) is 2.60. The van der Waals surface area contributed by atoms with Crippen LogP contribution in [0.25, 0.3) is 0 Å². The molecule has 1 heterocycles. The molecule has 3 aromatic rings. The lowest BCUT2D eigenvalue weighted by atomic mass is 10.1. The number of carbonyl (C=O) groups is 3. The van der Waals surface area contributed by atoms with Gasteiger partial charge in [-0.1, -0.05) is 42.5 Å². The number of aryl methyl sites for hydroxylation is 1. The number of esters is 1. The van der Waals surface area contributed by atoms with Gasteiger partial charge in [0.1, 0.15) is 4.88 Å². The smallest absolute Gasteiger partial charge is 0.348 e. The Labute approximate surface area is 172 Å². The van der Waals surface area contributed by atoms with Crippen LogP contribution >= 0.6 is 11.3 Å². The van der Waals surface area contributed by atoms with Crippen molar-refractivity contribution in [1.29, 1.82) is 0 Å². The Morgan fingerprint density at radius 1 is 0.931 bits per heavy atom. The molecule has 0 aliphatic rings. The molecule has 0 aliphatic carbocycles. The summed E-state index contributed by atoms with van der Waals surface area (Å²) >= 11 is 1.30. The van der Waals surface area contributed by atoms with Gasteiger partial charge in [-0.3, -0.25) is 9.59 Å².